The molecule has 1 atom stereocenters. The van der Waals surface area contributed by atoms with E-state index in [1.54, 1.807) is 0 Å². The maximum atomic E-state index is 11.0. The van der Waals surface area contributed by atoms with E-state index in [2.05, 4.69) is 0 Å². The predicted molar refractivity (Wildman–Crippen MR) is 48.2 cm³/mol. The molecule has 1 unspecified atom stereocenters. The topological polar surface area (TPSA) is 71.4 Å². The first kappa shape index (κ1) is 10.2. The minimum absolute atomic E-state index is 0.112. The van der Waals surface area contributed by atoms with Gasteiger partial charge in [-0.2, -0.15) is 0 Å². The van der Waals surface area contributed by atoms with E-state index in [9.17, 15) is 13.2 Å². The Labute approximate surface area is 77.2 Å². The van der Waals surface area contributed by atoms with Crippen molar-refractivity contribution < 1.29 is 18.3 Å². The summed E-state index contributed by atoms with van der Waals surface area (Å²) in [5.74, 6) is -0.420. The Kier molecular flexibility index (Phi) is 3.08. The molecular weight excluding hydrogens is 192 g/mol. The van der Waals surface area contributed by atoms with Crippen molar-refractivity contribution in [2.45, 2.75) is 12.8 Å². The first-order chi connectivity index (χ1) is 5.99. The maximum Gasteiger partial charge on any atom is 0.327 e. The fourth-order valence-corrected chi connectivity index (χ4v) is 3.30. The van der Waals surface area contributed by atoms with E-state index in [0.717, 1.165) is 6.08 Å². The van der Waals surface area contributed by atoms with Crippen LogP contribution in [0.1, 0.15) is 12.8 Å². The van der Waals surface area contributed by atoms with Gasteiger partial charge in [0.15, 0.2) is 9.84 Å². The highest BCUT2D eigenvalue weighted by molar-refractivity contribution is 7.91. The van der Waals surface area contributed by atoms with Crippen LogP contribution in [-0.4, -0.2) is 31.0 Å². The summed E-state index contributed by atoms with van der Waals surface area (Å²) in [6.45, 7) is 0. The number of sulfone groups is 1. The third kappa shape index (κ3) is 3.59. The van der Waals surface area contributed by atoms with Gasteiger partial charge in [0.05, 0.1) is 11.5 Å². The fourth-order valence-electron chi connectivity index (χ4n) is 1.42. The van der Waals surface area contributed by atoms with Crippen molar-refractivity contribution in [3.05, 3.63) is 12.2 Å². The number of hydrogen-bond acceptors (Lipinski definition) is 3. The number of carbonyl (C=O) groups is 1. The standard InChI is InChI=1S/C8H12O4S/c9-8(10)3-1-2-7-4-5-13(11,12)6-7/h1,3,7H,2,4-6H2,(H,9,10)/b3-1-. The monoisotopic (exact) mass is 204 g/mol. The molecule has 1 fully saturated rings. The quantitative estimate of drug-likeness (QED) is 0.677. The minimum atomic E-state index is -2.83. The third-order valence-corrected chi connectivity index (χ3v) is 3.89. The largest absolute Gasteiger partial charge is 0.478 e. The Morgan fingerprint density at radius 1 is 1.54 bits per heavy atom. The molecule has 1 rings (SSSR count). The molecule has 0 saturated carbocycles. The van der Waals surface area contributed by atoms with Gasteiger partial charge in [-0.3, -0.25) is 0 Å². The summed E-state index contributed by atoms with van der Waals surface area (Å²) in [6.07, 6.45) is 3.79. The van der Waals surface area contributed by atoms with E-state index in [1.807, 2.05) is 0 Å². The smallest absolute Gasteiger partial charge is 0.327 e. The molecule has 1 saturated heterocycles. The Balaban J connectivity index is 2.37. The summed E-state index contributed by atoms with van der Waals surface area (Å²) in [5, 5.41) is 8.29. The number of carboxylic acid groups (broad SMARTS) is 1. The summed E-state index contributed by atoms with van der Waals surface area (Å²) in [5.41, 5.74) is 0. The minimum Gasteiger partial charge on any atom is -0.478 e. The van der Waals surface area contributed by atoms with Gasteiger partial charge in [0.2, 0.25) is 0 Å². The lowest BCUT2D eigenvalue weighted by Crippen LogP contribution is -2.04. The van der Waals surface area contributed by atoms with E-state index >= 15 is 0 Å². The van der Waals surface area contributed by atoms with E-state index in [1.165, 1.54) is 6.08 Å². The molecule has 0 spiro atoms. The van der Waals surface area contributed by atoms with Gasteiger partial charge in [-0.05, 0) is 18.8 Å². The van der Waals surface area contributed by atoms with Crippen LogP contribution >= 0.6 is 0 Å². The molecular formula is C8H12O4S. The average molecular weight is 204 g/mol. The zero-order valence-corrected chi connectivity index (χ0v) is 7.96. The third-order valence-electron chi connectivity index (χ3n) is 2.06. The SMILES string of the molecule is O=C(O)/C=C\CC1CCS(=O)(=O)C1. The van der Waals surface area contributed by atoms with Crippen molar-refractivity contribution >= 4 is 15.8 Å². The molecule has 0 aromatic heterocycles. The van der Waals surface area contributed by atoms with Crippen LogP contribution in [0.2, 0.25) is 0 Å². The van der Waals surface area contributed by atoms with Gasteiger partial charge < -0.3 is 5.11 Å². The number of allylic oxidation sites excluding steroid dienone is 1. The van der Waals surface area contributed by atoms with Crippen molar-refractivity contribution in [3.63, 3.8) is 0 Å². The van der Waals surface area contributed by atoms with Crippen LogP contribution in [0.5, 0.6) is 0 Å². The molecule has 13 heavy (non-hydrogen) atoms. The molecule has 0 aromatic rings. The zero-order chi connectivity index (χ0) is 9.90. The highest BCUT2D eigenvalue weighted by atomic mass is 32.2. The first-order valence-electron chi connectivity index (χ1n) is 4.09. The van der Waals surface area contributed by atoms with Gasteiger partial charge in [0, 0.05) is 6.08 Å². The number of hydrogen-bond donors (Lipinski definition) is 1. The van der Waals surface area contributed by atoms with Crippen LogP contribution in [0.3, 0.4) is 0 Å². The Morgan fingerprint density at radius 3 is 2.69 bits per heavy atom. The van der Waals surface area contributed by atoms with Crippen LogP contribution < -0.4 is 0 Å². The molecule has 4 nitrogen and oxygen atoms in total. The molecule has 1 aliphatic rings. The van der Waals surface area contributed by atoms with Crippen LogP contribution in [0.25, 0.3) is 0 Å². The van der Waals surface area contributed by atoms with Crippen molar-refractivity contribution in [3.8, 4) is 0 Å². The van der Waals surface area contributed by atoms with Crippen LogP contribution in [0.15, 0.2) is 12.2 Å². The highest BCUT2D eigenvalue weighted by Crippen LogP contribution is 2.21. The summed E-state index contributed by atoms with van der Waals surface area (Å²) in [4.78, 5) is 10.1. The Morgan fingerprint density at radius 2 is 2.23 bits per heavy atom. The zero-order valence-electron chi connectivity index (χ0n) is 7.14. The van der Waals surface area contributed by atoms with Crippen molar-refractivity contribution in [1.82, 2.24) is 0 Å². The number of aliphatic carboxylic acids is 1. The van der Waals surface area contributed by atoms with Gasteiger partial charge in [0.25, 0.3) is 0 Å². The van der Waals surface area contributed by atoms with Crippen LogP contribution in [-0.2, 0) is 14.6 Å². The van der Waals surface area contributed by atoms with Crippen LogP contribution in [0.4, 0.5) is 0 Å². The molecule has 1 aliphatic heterocycles. The lowest BCUT2D eigenvalue weighted by Gasteiger charge is -2.00. The maximum absolute atomic E-state index is 11.0. The highest BCUT2D eigenvalue weighted by Gasteiger charge is 2.26. The van der Waals surface area contributed by atoms with Crippen molar-refractivity contribution in [2.75, 3.05) is 11.5 Å². The van der Waals surface area contributed by atoms with Gasteiger partial charge in [-0.25, -0.2) is 13.2 Å². The van der Waals surface area contributed by atoms with Crippen molar-refractivity contribution in [2.24, 2.45) is 5.92 Å². The normalized spacial score (nSPS) is 26.6. The Bertz CT molecular complexity index is 315. The van der Waals surface area contributed by atoms with Gasteiger partial charge in [-0.15, -0.1) is 0 Å². The summed E-state index contributed by atoms with van der Waals surface area (Å²) < 4.78 is 22.0. The lowest BCUT2D eigenvalue weighted by molar-refractivity contribution is -0.131. The van der Waals surface area contributed by atoms with Gasteiger partial charge >= 0.3 is 5.97 Å². The predicted octanol–water partition coefficient (Wildman–Crippen LogP) is 0.452. The molecule has 1 N–H and O–H groups in total. The van der Waals surface area contributed by atoms with E-state index < -0.39 is 15.8 Å². The van der Waals surface area contributed by atoms with Gasteiger partial charge in [-0.1, -0.05) is 6.08 Å². The molecule has 0 bridgehead atoms. The van der Waals surface area contributed by atoms with E-state index in [4.69, 9.17) is 5.11 Å². The molecule has 74 valence electrons. The Hall–Kier alpha value is -0.840. The molecule has 5 heteroatoms. The van der Waals surface area contributed by atoms with E-state index in [-0.39, 0.29) is 17.4 Å². The van der Waals surface area contributed by atoms with Gasteiger partial charge in [0.1, 0.15) is 0 Å². The molecule has 0 aliphatic carbocycles. The number of rotatable bonds is 3. The van der Waals surface area contributed by atoms with Crippen molar-refractivity contribution in [1.29, 1.82) is 0 Å². The first-order valence-corrected chi connectivity index (χ1v) is 5.91. The molecule has 0 amide bonds. The fraction of sp³-hybridized carbons (Fsp3) is 0.625. The molecule has 1 heterocycles. The molecule has 0 radical (unpaired) electrons. The lowest BCUT2D eigenvalue weighted by atomic mass is 10.1. The van der Waals surface area contributed by atoms with E-state index in [0.29, 0.717) is 12.8 Å². The average Bonchev–Trinajstić information content (AvgIpc) is 2.29. The van der Waals surface area contributed by atoms with Crippen LogP contribution in [0, 0.1) is 5.92 Å². The summed E-state index contributed by atoms with van der Waals surface area (Å²) >= 11 is 0. The second-order valence-electron chi connectivity index (χ2n) is 3.25. The second kappa shape index (κ2) is 3.91. The summed E-state index contributed by atoms with van der Waals surface area (Å²) in [7, 11) is -2.83. The second-order valence-corrected chi connectivity index (χ2v) is 5.47. The number of carboxylic acids is 1. The summed E-state index contributed by atoms with van der Waals surface area (Å²) in [6, 6.07) is 0. The molecule has 0 aromatic carbocycles.